The number of halogens is 6. The van der Waals surface area contributed by atoms with E-state index in [1.54, 1.807) is 0 Å². The van der Waals surface area contributed by atoms with Crippen molar-refractivity contribution in [1.82, 2.24) is 0 Å². The summed E-state index contributed by atoms with van der Waals surface area (Å²) in [4.78, 5) is 12.9. The van der Waals surface area contributed by atoms with Crippen LogP contribution in [0.3, 0.4) is 0 Å². The van der Waals surface area contributed by atoms with Crippen LogP contribution in [0.4, 0.5) is 26.3 Å². The highest BCUT2D eigenvalue weighted by Crippen LogP contribution is 2.42. The van der Waals surface area contributed by atoms with Gasteiger partial charge in [-0.2, -0.15) is 26.3 Å². The molecule has 0 N–H and O–H groups in total. The number of hydrogen-bond donors (Lipinski definition) is 0. The van der Waals surface area contributed by atoms with Crippen LogP contribution < -0.4 is 14.8 Å². The van der Waals surface area contributed by atoms with Gasteiger partial charge < -0.3 is 9.47 Å². The van der Waals surface area contributed by atoms with Crippen LogP contribution in [0.1, 0.15) is 62.0 Å². The lowest BCUT2D eigenvalue weighted by Gasteiger charge is -2.19. The highest BCUT2D eigenvalue weighted by molar-refractivity contribution is 7.66. The van der Waals surface area contributed by atoms with Gasteiger partial charge in [0.2, 0.25) is 0 Å². The maximum atomic E-state index is 13.5. The van der Waals surface area contributed by atoms with Crippen LogP contribution in [0, 0.1) is 11.8 Å². The van der Waals surface area contributed by atoms with Crippen molar-refractivity contribution < 1.29 is 40.6 Å². The highest BCUT2D eigenvalue weighted by atomic mass is 31.1. The second kappa shape index (κ2) is 12.1. The number of ether oxygens (including phenoxy) is 2. The first kappa shape index (κ1) is 29.0. The minimum Gasteiger partial charge on any atom is -0.493 e. The molecule has 194 valence electrons. The maximum Gasteiger partial charge on any atom is 0.417 e. The molecule has 0 saturated carbocycles. The molecule has 0 radical (unpaired) electrons. The van der Waals surface area contributed by atoms with Crippen LogP contribution in [-0.4, -0.2) is 18.7 Å². The van der Waals surface area contributed by atoms with Crippen molar-refractivity contribution in [2.45, 2.75) is 52.9 Å². The number of alkyl halides is 6. The molecule has 0 heterocycles. The number of benzene rings is 2. The SMILES string of the molecule is CC(C)CCOc1ccc(PC(=O)c2c(C(F)(F)F)cccc2C(F)(F)F)c(OCCC(C)C)c1. The maximum absolute atomic E-state index is 13.5. The summed E-state index contributed by atoms with van der Waals surface area (Å²) < 4.78 is 92.5. The van der Waals surface area contributed by atoms with E-state index in [1.165, 1.54) is 18.2 Å². The molecule has 35 heavy (non-hydrogen) atoms. The fraction of sp³-hybridized carbons (Fsp3) is 0.480. The minimum atomic E-state index is -5.12. The van der Waals surface area contributed by atoms with Gasteiger partial charge in [-0.1, -0.05) is 33.8 Å². The molecule has 2 rings (SSSR count). The van der Waals surface area contributed by atoms with Gasteiger partial charge in [0, 0.05) is 16.9 Å². The number of rotatable bonds is 11. The van der Waals surface area contributed by atoms with Gasteiger partial charge >= 0.3 is 12.4 Å². The number of carbonyl (C=O) groups excluding carboxylic acids is 1. The molecular weight excluding hydrogens is 493 g/mol. The van der Waals surface area contributed by atoms with Crippen LogP contribution >= 0.6 is 8.58 Å². The molecule has 0 bridgehead atoms. The molecule has 3 nitrogen and oxygen atoms in total. The fourth-order valence-electron chi connectivity index (χ4n) is 3.09. The van der Waals surface area contributed by atoms with Crippen molar-refractivity contribution in [3.8, 4) is 11.5 Å². The van der Waals surface area contributed by atoms with E-state index in [4.69, 9.17) is 9.47 Å². The van der Waals surface area contributed by atoms with Crippen molar-refractivity contribution in [2.75, 3.05) is 13.2 Å². The van der Waals surface area contributed by atoms with Gasteiger partial charge in [0.1, 0.15) is 11.5 Å². The zero-order chi connectivity index (χ0) is 26.4. The summed E-state index contributed by atoms with van der Waals surface area (Å²) in [6.45, 7) is 8.73. The molecule has 0 aromatic heterocycles. The zero-order valence-corrected chi connectivity index (χ0v) is 20.9. The predicted molar refractivity (Wildman–Crippen MR) is 125 cm³/mol. The summed E-state index contributed by atoms with van der Waals surface area (Å²) in [6.07, 6.45) is -8.78. The van der Waals surface area contributed by atoms with Crippen LogP contribution in [0.5, 0.6) is 11.5 Å². The second-order valence-electron chi connectivity index (χ2n) is 8.90. The molecular formula is C25H29F6O3P. The minimum absolute atomic E-state index is 0.206. The fourth-order valence-corrected chi connectivity index (χ4v) is 4.16. The molecule has 0 aliphatic carbocycles. The summed E-state index contributed by atoms with van der Waals surface area (Å²) in [5.74, 6) is 1.36. The topological polar surface area (TPSA) is 35.5 Å². The van der Waals surface area contributed by atoms with E-state index in [0.717, 1.165) is 6.42 Å². The third-order valence-corrected chi connectivity index (χ3v) is 6.18. The van der Waals surface area contributed by atoms with Crippen molar-refractivity contribution in [3.63, 3.8) is 0 Å². The van der Waals surface area contributed by atoms with Crippen molar-refractivity contribution in [2.24, 2.45) is 11.8 Å². The van der Waals surface area contributed by atoms with Gasteiger partial charge in [0.25, 0.3) is 0 Å². The molecule has 2 aromatic rings. The van der Waals surface area contributed by atoms with Gasteiger partial charge in [-0.3, -0.25) is 4.79 Å². The lowest BCUT2D eigenvalue weighted by Crippen LogP contribution is -2.19. The number of carbonyl (C=O) groups is 1. The first-order valence-electron chi connectivity index (χ1n) is 11.2. The van der Waals surface area contributed by atoms with E-state index >= 15 is 0 Å². The van der Waals surface area contributed by atoms with E-state index in [0.29, 0.717) is 48.8 Å². The Bertz CT molecular complexity index is 967. The standard InChI is InChI=1S/C25H29F6O3P/c1-15(2)10-12-33-17-8-9-21(20(14-17)34-13-11-16(3)4)35-23(32)22-18(24(26,27)28)6-5-7-19(22)25(29,30)31/h5-9,14-16,35H,10-13H2,1-4H3. The van der Waals surface area contributed by atoms with Crippen LogP contribution in [0.2, 0.25) is 0 Å². The van der Waals surface area contributed by atoms with Gasteiger partial charge in [-0.25, -0.2) is 0 Å². The zero-order valence-electron chi connectivity index (χ0n) is 19.9. The molecule has 0 spiro atoms. The molecule has 0 aliphatic rings. The average molecular weight is 522 g/mol. The Kier molecular flexibility index (Phi) is 10.0. The van der Waals surface area contributed by atoms with Crippen molar-refractivity contribution in [1.29, 1.82) is 0 Å². The molecule has 0 aliphatic heterocycles. The summed E-state index contributed by atoms with van der Waals surface area (Å²) >= 11 is 0. The van der Waals surface area contributed by atoms with E-state index in [-0.39, 0.29) is 17.7 Å². The van der Waals surface area contributed by atoms with Gasteiger partial charge in [0.15, 0.2) is 5.52 Å². The quantitative estimate of drug-likeness (QED) is 0.224. The Balaban J connectivity index is 2.43. The molecule has 1 atom stereocenters. The highest BCUT2D eigenvalue weighted by Gasteiger charge is 2.42. The largest absolute Gasteiger partial charge is 0.493 e. The van der Waals surface area contributed by atoms with Gasteiger partial charge in [-0.15, -0.1) is 0 Å². The van der Waals surface area contributed by atoms with E-state index in [2.05, 4.69) is 0 Å². The third kappa shape index (κ3) is 8.71. The summed E-state index contributed by atoms with van der Waals surface area (Å²) in [7, 11) is -1.01. The van der Waals surface area contributed by atoms with Crippen molar-refractivity contribution in [3.05, 3.63) is 53.1 Å². The van der Waals surface area contributed by atoms with E-state index in [9.17, 15) is 31.1 Å². The third-order valence-electron chi connectivity index (χ3n) is 5.02. The van der Waals surface area contributed by atoms with Gasteiger partial charge in [-0.05, 0) is 57.5 Å². The molecule has 10 heteroatoms. The Morgan fingerprint density at radius 3 is 1.83 bits per heavy atom. The smallest absolute Gasteiger partial charge is 0.417 e. The molecule has 0 fully saturated rings. The Morgan fingerprint density at radius 2 is 1.34 bits per heavy atom. The predicted octanol–water partition coefficient (Wildman–Crippen LogP) is 7.72. The summed E-state index contributed by atoms with van der Waals surface area (Å²) in [5, 5.41) is 0.208. The van der Waals surface area contributed by atoms with Crippen LogP contribution in [0.25, 0.3) is 0 Å². The van der Waals surface area contributed by atoms with E-state index < -0.39 is 43.1 Å². The van der Waals surface area contributed by atoms with Crippen LogP contribution in [0.15, 0.2) is 36.4 Å². The van der Waals surface area contributed by atoms with Crippen LogP contribution in [-0.2, 0) is 12.4 Å². The first-order chi connectivity index (χ1) is 16.2. The Hall–Kier alpha value is -2.28. The first-order valence-corrected chi connectivity index (χ1v) is 12.2. The Morgan fingerprint density at radius 1 is 0.829 bits per heavy atom. The summed E-state index contributed by atoms with van der Waals surface area (Å²) in [6, 6.07) is 6.13. The normalized spacial score (nSPS) is 12.7. The monoisotopic (exact) mass is 522 g/mol. The number of hydrogen-bond acceptors (Lipinski definition) is 3. The molecule has 0 amide bonds. The lowest BCUT2D eigenvalue weighted by atomic mass is 10.0. The second-order valence-corrected chi connectivity index (χ2v) is 10.1. The van der Waals surface area contributed by atoms with Crippen molar-refractivity contribution >= 4 is 19.4 Å². The van der Waals surface area contributed by atoms with Gasteiger partial charge in [0.05, 0.1) is 24.3 Å². The lowest BCUT2D eigenvalue weighted by molar-refractivity contribution is -0.143. The molecule has 1 unspecified atom stereocenters. The average Bonchev–Trinajstić information content (AvgIpc) is 2.73. The van der Waals surface area contributed by atoms with E-state index in [1.807, 2.05) is 27.7 Å². The summed E-state index contributed by atoms with van der Waals surface area (Å²) in [5.41, 5.74) is -5.87. The Labute approximate surface area is 203 Å². The molecule has 0 saturated heterocycles. The molecule has 2 aromatic carbocycles.